The summed E-state index contributed by atoms with van der Waals surface area (Å²) in [5, 5.41) is 6.61. The van der Waals surface area contributed by atoms with Crippen molar-refractivity contribution >= 4 is 34.8 Å². The van der Waals surface area contributed by atoms with Gasteiger partial charge in [0, 0.05) is 35.1 Å². The minimum Gasteiger partial charge on any atom is -0.376 e. The van der Waals surface area contributed by atoms with E-state index in [9.17, 15) is 9.59 Å². The monoisotopic (exact) mass is 399 g/mol. The van der Waals surface area contributed by atoms with Gasteiger partial charge in [-0.25, -0.2) is 0 Å². The van der Waals surface area contributed by atoms with Crippen LogP contribution in [-0.4, -0.2) is 36.3 Å². The van der Waals surface area contributed by atoms with Gasteiger partial charge in [0.25, 0.3) is 5.91 Å². The molecule has 2 aromatic carbocycles. The highest BCUT2D eigenvalue weighted by Gasteiger charge is 2.17. The highest BCUT2D eigenvalue weighted by atomic mass is 35.5. The fraction of sp³-hybridized carbons (Fsp3) is 0.364. The number of carbonyl (C=O) groups excluding carboxylic acids is 2. The largest absolute Gasteiger partial charge is 0.376 e. The molecule has 1 fully saturated rings. The first-order valence-electron chi connectivity index (χ1n) is 9.73. The molecule has 2 N–H and O–H groups in total. The quantitative estimate of drug-likeness (QED) is 0.765. The van der Waals surface area contributed by atoms with Gasteiger partial charge in [-0.3, -0.25) is 9.59 Å². The minimum absolute atomic E-state index is 0.0330. The van der Waals surface area contributed by atoms with E-state index in [2.05, 4.69) is 10.6 Å². The van der Waals surface area contributed by atoms with Crippen molar-refractivity contribution in [2.75, 3.05) is 30.3 Å². The zero-order valence-electron chi connectivity index (χ0n) is 16.1. The Balaban J connectivity index is 1.59. The third kappa shape index (κ3) is 5.26. The Morgan fingerprint density at radius 1 is 1.04 bits per heavy atom. The van der Waals surface area contributed by atoms with E-state index in [1.165, 1.54) is 12.8 Å². The summed E-state index contributed by atoms with van der Waals surface area (Å²) in [6.45, 7) is 3.63. The number of hydrogen-bond donors (Lipinski definition) is 2. The molecule has 28 heavy (non-hydrogen) atoms. The molecule has 0 unspecified atom stereocenters. The van der Waals surface area contributed by atoms with E-state index >= 15 is 0 Å². The van der Waals surface area contributed by atoms with Gasteiger partial charge in [0.15, 0.2) is 0 Å². The highest BCUT2D eigenvalue weighted by molar-refractivity contribution is 6.31. The molecule has 1 heterocycles. The van der Waals surface area contributed by atoms with Gasteiger partial charge in [0.05, 0.1) is 6.54 Å². The van der Waals surface area contributed by atoms with E-state index in [1.54, 1.807) is 24.3 Å². The standard InChI is InChI=1S/C22H26ClN3O2/c1-16-19(23)10-7-11-20(16)24-15-21(27)25-18-9-6-8-17(14-18)22(28)26-12-4-2-3-5-13-26/h6-11,14,24H,2-5,12-13,15H2,1H3,(H,25,27). The van der Waals surface area contributed by atoms with Crippen molar-refractivity contribution in [3.63, 3.8) is 0 Å². The Hall–Kier alpha value is -2.53. The number of carbonyl (C=O) groups is 2. The molecule has 0 bridgehead atoms. The number of nitrogens with zero attached hydrogens (tertiary/aromatic N) is 1. The van der Waals surface area contributed by atoms with E-state index in [1.807, 2.05) is 30.0 Å². The third-order valence-electron chi connectivity index (χ3n) is 4.99. The highest BCUT2D eigenvalue weighted by Crippen LogP contribution is 2.22. The first-order chi connectivity index (χ1) is 13.5. The predicted octanol–water partition coefficient (Wildman–Crippen LogP) is 4.72. The molecule has 2 aromatic rings. The molecular formula is C22H26ClN3O2. The van der Waals surface area contributed by atoms with Gasteiger partial charge in [0.1, 0.15) is 0 Å². The molecule has 0 atom stereocenters. The van der Waals surface area contributed by atoms with Crippen molar-refractivity contribution in [1.29, 1.82) is 0 Å². The molecule has 3 rings (SSSR count). The summed E-state index contributed by atoms with van der Waals surface area (Å²) in [4.78, 5) is 27.0. The Morgan fingerprint density at radius 2 is 1.75 bits per heavy atom. The summed E-state index contributed by atoms with van der Waals surface area (Å²) in [7, 11) is 0. The van der Waals surface area contributed by atoms with E-state index < -0.39 is 0 Å². The van der Waals surface area contributed by atoms with Crippen LogP contribution in [0.2, 0.25) is 5.02 Å². The Labute approximate surface area is 171 Å². The Morgan fingerprint density at radius 3 is 2.50 bits per heavy atom. The van der Waals surface area contributed by atoms with Crippen molar-refractivity contribution in [3.8, 4) is 0 Å². The SMILES string of the molecule is Cc1c(Cl)cccc1NCC(=O)Nc1cccc(C(=O)N2CCCCCC2)c1. The molecule has 148 valence electrons. The molecule has 0 aromatic heterocycles. The Bertz CT molecular complexity index is 845. The molecule has 1 saturated heterocycles. The van der Waals surface area contributed by atoms with Crippen LogP contribution in [0, 0.1) is 6.92 Å². The fourth-order valence-corrected chi connectivity index (χ4v) is 3.54. The number of benzene rings is 2. The van der Waals surface area contributed by atoms with Crippen molar-refractivity contribution < 1.29 is 9.59 Å². The second-order valence-corrected chi connectivity index (χ2v) is 7.51. The smallest absolute Gasteiger partial charge is 0.253 e. The summed E-state index contributed by atoms with van der Waals surface area (Å²) in [5.41, 5.74) is 2.96. The maximum Gasteiger partial charge on any atom is 0.253 e. The maximum absolute atomic E-state index is 12.8. The van der Waals surface area contributed by atoms with Gasteiger partial charge >= 0.3 is 0 Å². The number of rotatable bonds is 5. The molecule has 6 heteroatoms. The van der Waals surface area contributed by atoms with Gasteiger partial charge in [-0.05, 0) is 55.7 Å². The molecule has 1 aliphatic rings. The van der Waals surface area contributed by atoms with Crippen molar-refractivity contribution in [3.05, 3.63) is 58.6 Å². The zero-order chi connectivity index (χ0) is 19.9. The van der Waals surface area contributed by atoms with Crippen LogP contribution < -0.4 is 10.6 Å². The lowest BCUT2D eigenvalue weighted by molar-refractivity contribution is -0.114. The second-order valence-electron chi connectivity index (χ2n) is 7.10. The van der Waals surface area contributed by atoms with Gasteiger partial charge < -0.3 is 15.5 Å². The maximum atomic E-state index is 12.8. The Kier molecular flexibility index (Phi) is 6.93. The lowest BCUT2D eigenvalue weighted by Crippen LogP contribution is -2.31. The molecular weight excluding hydrogens is 374 g/mol. The topological polar surface area (TPSA) is 61.4 Å². The summed E-state index contributed by atoms with van der Waals surface area (Å²) in [6, 6.07) is 12.7. The first kappa shape index (κ1) is 20.2. The second kappa shape index (κ2) is 9.60. The van der Waals surface area contributed by atoms with Gasteiger partial charge in [0.2, 0.25) is 5.91 Å². The third-order valence-corrected chi connectivity index (χ3v) is 5.40. The van der Waals surface area contributed by atoms with E-state index in [4.69, 9.17) is 11.6 Å². The molecule has 0 saturated carbocycles. The minimum atomic E-state index is -0.182. The number of amides is 2. The molecule has 0 radical (unpaired) electrons. The number of halogens is 1. The van der Waals surface area contributed by atoms with Crippen LogP contribution >= 0.6 is 11.6 Å². The predicted molar refractivity (Wildman–Crippen MR) is 114 cm³/mol. The van der Waals surface area contributed by atoms with Crippen molar-refractivity contribution in [1.82, 2.24) is 4.90 Å². The van der Waals surface area contributed by atoms with Gasteiger partial charge in [-0.2, -0.15) is 0 Å². The fourth-order valence-electron chi connectivity index (χ4n) is 3.37. The number of hydrogen-bond acceptors (Lipinski definition) is 3. The van der Waals surface area contributed by atoms with E-state index in [0.29, 0.717) is 16.3 Å². The molecule has 0 spiro atoms. The summed E-state index contributed by atoms with van der Waals surface area (Å²) < 4.78 is 0. The van der Waals surface area contributed by atoms with Crippen LogP contribution in [0.4, 0.5) is 11.4 Å². The summed E-state index contributed by atoms with van der Waals surface area (Å²) >= 11 is 6.10. The average Bonchev–Trinajstić information content (AvgIpc) is 2.98. The average molecular weight is 400 g/mol. The summed E-state index contributed by atoms with van der Waals surface area (Å²) in [5.74, 6) is -0.149. The van der Waals surface area contributed by atoms with E-state index in [0.717, 1.165) is 37.2 Å². The van der Waals surface area contributed by atoms with Gasteiger partial charge in [-0.15, -0.1) is 0 Å². The lowest BCUT2D eigenvalue weighted by Gasteiger charge is -2.20. The van der Waals surface area contributed by atoms with Crippen LogP contribution in [-0.2, 0) is 4.79 Å². The van der Waals surface area contributed by atoms with Crippen molar-refractivity contribution in [2.24, 2.45) is 0 Å². The van der Waals surface area contributed by atoms with Crippen LogP contribution in [0.25, 0.3) is 0 Å². The summed E-state index contributed by atoms with van der Waals surface area (Å²) in [6.07, 6.45) is 4.46. The molecule has 1 aliphatic heterocycles. The van der Waals surface area contributed by atoms with Crippen LogP contribution in [0.3, 0.4) is 0 Å². The number of nitrogens with one attached hydrogen (secondary N) is 2. The number of anilines is 2. The molecule has 5 nitrogen and oxygen atoms in total. The van der Waals surface area contributed by atoms with E-state index in [-0.39, 0.29) is 18.4 Å². The van der Waals surface area contributed by atoms with Crippen LogP contribution in [0.15, 0.2) is 42.5 Å². The zero-order valence-corrected chi connectivity index (χ0v) is 16.9. The normalized spacial score (nSPS) is 14.3. The molecule has 2 amide bonds. The number of likely N-dealkylation sites (tertiary alicyclic amines) is 1. The lowest BCUT2D eigenvalue weighted by atomic mass is 10.1. The van der Waals surface area contributed by atoms with Crippen molar-refractivity contribution in [2.45, 2.75) is 32.6 Å². The van der Waals surface area contributed by atoms with Gasteiger partial charge in [-0.1, -0.05) is 36.6 Å². The van der Waals surface area contributed by atoms with Crippen LogP contribution in [0.5, 0.6) is 0 Å². The molecule has 0 aliphatic carbocycles. The van der Waals surface area contributed by atoms with Crippen LogP contribution in [0.1, 0.15) is 41.6 Å². The first-order valence-corrected chi connectivity index (χ1v) is 10.1.